The van der Waals surface area contributed by atoms with Crippen molar-refractivity contribution in [1.82, 2.24) is 15.1 Å². The lowest BCUT2D eigenvalue weighted by atomic mass is 10.2. The number of amides is 1. The van der Waals surface area contributed by atoms with Crippen LogP contribution in [0.25, 0.3) is 0 Å². The van der Waals surface area contributed by atoms with E-state index in [1.807, 2.05) is 20.8 Å². The molecular weight excluding hydrogens is 258 g/mol. The molecule has 1 amide bonds. The molecule has 1 aromatic heterocycles. The first kappa shape index (κ1) is 16.7. The summed E-state index contributed by atoms with van der Waals surface area (Å²) in [5.74, 6) is 0.216. The summed E-state index contributed by atoms with van der Waals surface area (Å²) in [5.41, 5.74) is 2.07. The highest BCUT2D eigenvalue weighted by molar-refractivity contribution is 5.96. The van der Waals surface area contributed by atoms with Gasteiger partial charge in [-0.15, -0.1) is 0 Å². The summed E-state index contributed by atoms with van der Waals surface area (Å²) in [5, 5.41) is 16.6. The molecule has 1 rings (SSSR count). The van der Waals surface area contributed by atoms with E-state index in [1.54, 1.807) is 18.7 Å². The summed E-state index contributed by atoms with van der Waals surface area (Å²) < 4.78 is 7.00. The van der Waals surface area contributed by atoms with Crippen molar-refractivity contribution in [2.24, 2.45) is 13.0 Å². The van der Waals surface area contributed by atoms with Crippen LogP contribution in [0.1, 0.15) is 35.6 Å². The smallest absolute Gasteiger partial charge is 0.255 e. The van der Waals surface area contributed by atoms with Crippen LogP contribution in [0.2, 0.25) is 0 Å². The molecule has 6 nitrogen and oxygen atoms in total. The van der Waals surface area contributed by atoms with Gasteiger partial charge in [-0.25, -0.2) is 0 Å². The second-order valence-corrected chi connectivity index (χ2v) is 5.46. The normalized spacial score (nSPS) is 12.8. The molecule has 0 fully saturated rings. The van der Waals surface area contributed by atoms with Crippen LogP contribution >= 0.6 is 0 Å². The number of aliphatic hydroxyl groups excluding tert-OH is 1. The average Bonchev–Trinajstić information content (AvgIpc) is 2.60. The molecule has 0 aliphatic heterocycles. The zero-order valence-corrected chi connectivity index (χ0v) is 12.9. The fourth-order valence-corrected chi connectivity index (χ4v) is 1.90. The van der Waals surface area contributed by atoms with Gasteiger partial charge in [0.25, 0.3) is 5.91 Å². The monoisotopic (exact) mass is 283 g/mol. The lowest BCUT2D eigenvalue weighted by molar-refractivity contribution is 0.0259. The van der Waals surface area contributed by atoms with Crippen molar-refractivity contribution in [2.75, 3.05) is 19.8 Å². The quantitative estimate of drug-likeness (QED) is 0.776. The minimum atomic E-state index is -0.699. The molecular formula is C14H25N3O3. The summed E-state index contributed by atoms with van der Waals surface area (Å²) in [4.78, 5) is 12.1. The summed E-state index contributed by atoms with van der Waals surface area (Å²) in [6, 6.07) is 0. The maximum absolute atomic E-state index is 12.1. The van der Waals surface area contributed by atoms with Crippen LogP contribution in [0.5, 0.6) is 0 Å². The molecule has 1 heterocycles. The molecule has 0 aliphatic rings. The molecule has 0 saturated carbocycles. The second-order valence-electron chi connectivity index (χ2n) is 5.46. The maximum atomic E-state index is 12.1. The molecule has 0 saturated heterocycles. The molecule has 114 valence electrons. The van der Waals surface area contributed by atoms with Crippen LogP contribution in [0.4, 0.5) is 0 Å². The average molecular weight is 283 g/mol. The lowest BCUT2D eigenvalue weighted by Gasteiger charge is -2.13. The van der Waals surface area contributed by atoms with Crippen molar-refractivity contribution in [1.29, 1.82) is 0 Å². The van der Waals surface area contributed by atoms with Gasteiger partial charge in [-0.05, 0) is 19.8 Å². The minimum Gasteiger partial charge on any atom is -0.389 e. The van der Waals surface area contributed by atoms with Crippen molar-refractivity contribution in [2.45, 2.75) is 33.8 Å². The Kier molecular flexibility index (Phi) is 6.16. The van der Waals surface area contributed by atoms with E-state index in [9.17, 15) is 9.90 Å². The number of hydrogen-bond donors (Lipinski definition) is 2. The van der Waals surface area contributed by atoms with Crippen LogP contribution in [0.15, 0.2) is 0 Å². The van der Waals surface area contributed by atoms with E-state index < -0.39 is 6.10 Å². The van der Waals surface area contributed by atoms with E-state index in [2.05, 4.69) is 10.4 Å². The SMILES string of the molecule is Cc1nn(C)c(C)c1C(=O)NC[C@H](O)COCC(C)C. The Bertz CT molecular complexity index is 455. The third-order valence-corrected chi connectivity index (χ3v) is 3.00. The van der Waals surface area contributed by atoms with Gasteiger partial charge in [-0.2, -0.15) is 5.10 Å². The van der Waals surface area contributed by atoms with E-state index in [0.29, 0.717) is 23.8 Å². The molecule has 1 atom stereocenters. The number of aliphatic hydroxyl groups is 1. The summed E-state index contributed by atoms with van der Waals surface area (Å²) >= 11 is 0. The van der Waals surface area contributed by atoms with Crippen LogP contribution in [-0.2, 0) is 11.8 Å². The van der Waals surface area contributed by atoms with Crippen LogP contribution in [0, 0.1) is 19.8 Å². The number of carbonyl (C=O) groups excluding carboxylic acids is 1. The zero-order chi connectivity index (χ0) is 15.3. The Morgan fingerprint density at radius 1 is 1.40 bits per heavy atom. The fourth-order valence-electron chi connectivity index (χ4n) is 1.90. The maximum Gasteiger partial charge on any atom is 0.255 e. The number of nitrogens with zero attached hydrogens (tertiary/aromatic N) is 2. The van der Waals surface area contributed by atoms with Gasteiger partial charge < -0.3 is 15.2 Å². The van der Waals surface area contributed by atoms with Gasteiger partial charge >= 0.3 is 0 Å². The van der Waals surface area contributed by atoms with E-state index in [0.717, 1.165) is 5.69 Å². The topological polar surface area (TPSA) is 76.4 Å². The Hall–Kier alpha value is -1.40. The Morgan fingerprint density at radius 3 is 2.55 bits per heavy atom. The van der Waals surface area contributed by atoms with Crippen molar-refractivity contribution in [3.63, 3.8) is 0 Å². The molecule has 0 bridgehead atoms. The Labute approximate surface area is 120 Å². The lowest BCUT2D eigenvalue weighted by Crippen LogP contribution is -2.35. The van der Waals surface area contributed by atoms with E-state index >= 15 is 0 Å². The zero-order valence-electron chi connectivity index (χ0n) is 12.9. The Balaban J connectivity index is 2.43. The van der Waals surface area contributed by atoms with Crippen LogP contribution in [-0.4, -0.2) is 46.7 Å². The van der Waals surface area contributed by atoms with E-state index in [-0.39, 0.29) is 19.1 Å². The first-order chi connectivity index (χ1) is 9.32. The molecule has 0 radical (unpaired) electrons. The van der Waals surface area contributed by atoms with Gasteiger partial charge in [0.1, 0.15) is 0 Å². The molecule has 6 heteroatoms. The van der Waals surface area contributed by atoms with Gasteiger partial charge in [-0.1, -0.05) is 13.8 Å². The minimum absolute atomic E-state index is 0.171. The number of aromatic nitrogens is 2. The number of rotatable bonds is 7. The molecule has 20 heavy (non-hydrogen) atoms. The number of aryl methyl sites for hydroxylation is 2. The molecule has 0 spiro atoms. The van der Waals surface area contributed by atoms with Crippen molar-refractivity contribution >= 4 is 5.91 Å². The standard InChI is InChI=1S/C14H25N3O3/c1-9(2)7-20-8-12(18)6-15-14(19)13-10(3)16-17(5)11(13)4/h9,12,18H,6-8H2,1-5H3,(H,15,19)/t12-/m0/s1. The predicted octanol–water partition coefficient (Wildman–Crippen LogP) is 0.800. The molecule has 0 unspecified atom stereocenters. The molecule has 0 aromatic carbocycles. The highest BCUT2D eigenvalue weighted by Gasteiger charge is 2.17. The molecule has 2 N–H and O–H groups in total. The van der Waals surface area contributed by atoms with E-state index in [4.69, 9.17) is 4.74 Å². The summed E-state index contributed by atoms with van der Waals surface area (Å²) in [6.45, 7) is 8.73. The van der Waals surface area contributed by atoms with Gasteiger partial charge in [0, 0.05) is 25.9 Å². The van der Waals surface area contributed by atoms with Crippen LogP contribution in [0.3, 0.4) is 0 Å². The third-order valence-electron chi connectivity index (χ3n) is 3.00. The highest BCUT2D eigenvalue weighted by Crippen LogP contribution is 2.11. The number of nitrogens with one attached hydrogen (secondary N) is 1. The number of ether oxygens (including phenoxy) is 1. The Morgan fingerprint density at radius 2 is 2.05 bits per heavy atom. The van der Waals surface area contributed by atoms with Crippen molar-refractivity contribution in [3.8, 4) is 0 Å². The predicted molar refractivity (Wildman–Crippen MR) is 76.7 cm³/mol. The summed E-state index contributed by atoms with van der Waals surface area (Å²) in [7, 11) is 1.80. The number of hydrogen-bond acceptors (Lipinski definition) is 4. The largest absolute Gasteiger partial charge is 0.389 e. The summed E-state index contributed by atoms with van der Waals surface area (Å²) in [6.07, 6.45) is -0.699. The number of carbonyl (C=O) groups is 1. The first-order valence-electron chi connectivity index (χ1n) is 6.87. The van der Waals surface area contributed by atoms with Gasteiger partial charge in [0.2, 0.25) is 0 Å². The highest BCUT2D eigenvalue weighted by atomic mass is 16.5. The van der Waals surface area contributed by atoms with Crippen molar-refractivity contribution < 1.29 is 14.6 Å². The van der Waals surface area contributed by atoms with Gasteiger partial charge in [0.05, 0.1) is 24.0 Å². The third kappa shape index (κ3) is 4.61. The van der Waals surface area contributed by atoms with Crippen molar-refractivity contribution in [3.05, 3.63) is 17.0 Å². The van der Waals surface area contributed by atoms with Gasteiger partial charge in [0.15, 0.2) is 0 Å². The second kappa shape index (κ2) is 7.40. The first-order valence-corrected chi connectivity index (χ1v) is 6.87. The van der Waals surface area contributed by atoms with Gasteiger partial charge in [-0.3, -0.25) is 9.48 Å². The molecule has 1 aromatic rings. The van der Waals surface area contributed by atoms with E-state index in [1.165, 1.54) is 0 Å². The molecule has 0 aliphatic carbocycles. The van der Waals surface area contributed by atoms with Crippen LogP contribution < -0.4 is 5.32 Å². The fraction of sp³-hybridized carbons (Fsp3) is 0.714.